The molecule has 1 amide bonds. The predicted octanol–water partition coefficient (Wildman–Crippen LogP) is 2.20. The Bertz CT molecular complexity index is 699. The van der Waals surface area contributed by atoms with Crippen LogP contribution in [0.3, 0.4) is 0 Å². The van der Waals surface area contributed by atoms with Gasteiger partial charge in [-0.25, -0.2) is 0 Å². The number of hydrogen-bond acceptors (Lipinski definition) is 4. The molecule has 0 radical (unpaired) electrons. The normalized spacial score (nSPS) is 16.0. The number of fused-ring (bicyclic) bond motifs is 1. The molecular formula is C16H15N3OS. The highest BCUT2D eigenvalue weighted by molar-refractivity contribution is 7.10. The van der Waals surface area contributed by atoms with Gasteiger partial charge in [-0.05, 0) is 41.1 Å². The number of benzene rings is 1. The highest BCUT2D eigenvalue weighted by atomic mass is 32.1. The monoisotopic (exact) mass is 297 g/mol. The molecule has 0 saturated carbocycles. The van der Waals surface area contributed by atoms with Crippen LogP contribution in [0.1, 0.15) is 27.6 Å². The quantitative estimate of drug-likeness (QED) is 0.944. The summed E-state index contributed by atoms with van der Waals surface area (Å²) in [6.45, 7) is 1.56. The molecule has 2 aromatic rings. The van der Waals surface area contributed by atoms with Crippen molar-refractivity contribution >= 4 is 17.2 Å². The van der Waals surface area contributed by atoms with Crippen LogP contribution in [0, 0.1) is 11.3 Å². The van der Waals surface area contributed by atoms with E-state index in [4.69, 9.17) is 11.0 Å². The Kier molecular flexibility index (Phi) is 3.74. The van der Waals surface area contributed by atoms with Crippen molar-refractivity contribution in [3.63, 3.8) is 0 Å². The number of rotatable bonds is 3. The van der Waals surface area contributed by atoms with Gasteiger partial charge in [0.1, 0.15) is 6.04 Å². The fraction of sp³-hybridized carbons (Fsp3) is 0.250. The lowest BCUT2D eigenvalue weighted by Crippen LogP contribution is -2.40. The molecule has 0 spiro atoms. The van der Waals surface area contributed by atoms with Crippen LogP contribution >= 0.6 is 11.3 Å². The second kappa shape index (κ2) is 5.68. The Morgan fingerprint density at radius 1 is 1.33 bits per heavy atom. The van der Waals surface area contributed by atoms with Crippen LogP contribution in [0.2, 0.25) is 0 Å². The summed E-state index contributed by atoms with van der Waals surface area (Å²) in [6.07, 6.45) is 0.951. The van der Waals surface area contributed by atoms with Crippen LogP contribution in [0.4, 0.5) is 0 Å². The van der Waals surface area contributed by atoms with E-state index in [1.165, 1.54) is 10.4 Å². The first kappa shape index (κ1) is 13.8. The molecule has 2 heterocycles. The molecule has 0 aliphatic carbocycles. The first-order valence-corrected chi connectivity index (χ1v) is 7.65. The van der Waals surface area contributed by atoms with Crippen molar-refractivity contribution in [1.29, 1.82) is 5.26 Å². The summed E-state index contributed by atoms with van der Waals surface area (Å²) in [4.78, 5) is 15.4. The standard InChI is InChI=1S/C16H15N3OS/c17-9-11-1-3-12(4-2-11)15(16(18)20)19-7-5-14-13(10-19)6-8-21-14/h1-4,6,8,15H,5,7,10H2,(H2,18,20). The van der Waals surface area contributed by atoms with Crippen molar-refractivity contribution in [2.75, 3.05) is 6.54 Å². The predicted molar refractivity (Wildman–Crippen MR) is 81.5 cm³/mol. The fourth-order valence-corrected chi connectivity index (χ4v) is 3.68. The summed E-state index contributed by atoms with van der Waals surface area (Å²) in [5, 5.41) is 11.0. The van der Waals surface area contributed by atoms with E-state index in [2.05, 4.69) is 22.4 Å². The van der Waals surface area contributed by atoms with Crippen LogP contribution < -0.4 is 5.73 Å². The summed E-state index contributed by atoms with van der Waals surface area (Å²) in [7, 11) is 0. The maximum Gasteiger partial charge on any atom is 0.239 e. The lowest BCUT2D eigenvalue weighted by atomic mass is 10.00. The topological polar surface area (TPSA) is 70.1 Å². The zero-order chi connectivity index (χ0) is 14.8. The van der Waals surface area contributed by atoms with E-state index >= 15 is 0 Å². The number of nitriles is 1. The van der Waals surface area contributed by atoms with Crippen LogP contribution in [0.15, 0.2) is 35.7 Å². The Morgan fingerprint density at radius 3 is 2.76 bits per heavy atom. The smallest absolute Gasteiger partial charge is 0.239 e. The molecule has 21 heavy (non-hydrogen) atoms. The molecular weight excluding hydrogens is 282 g/mol. The largest absolute Gasteiger partial charge is 0.368 e. The van der Waals surface area contributed by atoms with Gasteiger partial charge in [0.15, 0.2) is 0 Å². The number of carbonyl (C=O) groups excluding carboxylic acids is 1. The minimum Gasteiger partial charge on any atom is -0.368 e. The van der Waals surface area contributed by atoms with E-state index in [9.17, 15) is 4.79 Å². The van der Waals surface area contributed by atoms with Crippen LogP contribution in [-0.2, 0) is 17.8 Å². The van der Waals surface area contributed by atoms with E-state index in [0.29, 0.717) is 5.56 Å². The summed E-state index contributed by atoms with van der Waals surface area (Å²) < 4.78 is 0. The van der Waals surface area contributed by atoms with E-state index in [-0.39, 0.29) is 5.91 Å². The summed E-state index contributed by atoms with van der Waals surface area (Å²) in [5.74, 6) is -0.349. The molecule has 106 valence electrons. The third-order valence-electron chi connectivity index (χ3n) is 3.83. The van der Waals surface area contributed by atoms with Crippen molar-refractivity contribution in [3.05, 3.63) is 57.3 Å². The zero-order valence-corrected chi connectivity index (χ0v) is 12.3. The molecule has 1 atom stereocenters. The SMILES string of the molecule is N#Cc1ccc(C(C(N)=O)N2CCc3sccc3C2)cc1. The highest BCUT2D eigenvalue weighted by Crippen LogP contribution is 2.30. The highest BCUT2D eigenvalue weighted by Gasteiger charge is 2.29. The Hall–Kier alpha value is -2.16. The lowest BCUT2D eigenvalue weighted by molar-refractivity contribution is -0.123. The van der Waals surface area contributed by atoms with E-state index in [0.717, 1.165) is 25.1 Å². The summed E-state index contributed by atoms with van der Waals surface area (Å²) >= 11 is 1.77. The second-order valence-corrected chi connectivity index (χ2v) is 6.13. The molecule has 5 heteroatoms. The third kappa shape index (κ3) is 2.68. The average molecular weight is 297 g/mol. The van der Waals surface area contributed by atoms with Gasteiger partial charge < -0.3 is 5.73 Å². The van der Waals surface area contributed by atoms with E-state index in [1.54, 1.807) is 23.5 Å². The molecule has 1 aromatic carbocycles. The molecule has 3 rings (SSSR count). The molecule has 2 N–H and O–H groups in total. The fourth-order valence-electron chi connectivity index (χ4n) is 2.79. The van der Waals surface area contributed by atoms with Gasteiger partial charge in [-0.3, -0.25) is 9.69 Å². The van der Waals surface area contributed by atoms with Gasteiger partial charge >= 0.3 is 0 Å². The van der Waals surface area contributed by atoms with Crippen LogP contribution in [0.5, 0.6) is 0 Å². The van der Waals surface area contributed by atoms with Gasteiger partial charge in [-0.1, -0.05) is 12.1 Å². The number of carbonyl (C=O) groups is 1. The molecule has 4 nitrogen and oxygen atoms in total. The van der Waals surface area contributed by atoms with Gasteiger partial charge in [0.05, 0.1) is 11.6 Å². The van der Waals surface area contributed by atoms with E-state index < -0.39 is 6.04 Å². The van der Waals surface area contributed by atoms with Crippen molar-refractivity contribution in [2.45, 2.75) is 19.0 Å². The summed E-state index contributed by atoms with van der Waals surface area (Å²) in [6, 6.07) is 10.8. The van der Waals surface area contributed by atoms with Crippen molar-refractivity contribution < 1.29 is 4.79 Å². The Morgan fingerprint density at radius 2 is 2.10 bits per heavy atom. The molecule has 1 aromatic heterocycles. The average Bonchev–Trinajstić information content (AvgIpc) is 2.95. The Labute approximate surface area is 127 Å². The third-order valence-corrected chi connectivity index (χ3v) is 4.85. The first-order valence-electron chi connectivity index (χ1n) is 6.77. The maximum absolute atomic E-state index is 11.9. The van der Waals surface area contributed by atoms with Gasteiger partial charge in [-0.15, -0.1) is 11.3 Å². The van der Waals surface area contributed by atoms with Crippen molar-refractivity contribution in [1.82, 2.24) is 4.90 Å². The van der Waals surface area contributed by atoms with Crippen molar-refractivity contribution in [2.24, 2.45) is 5.73 Å². The van der Waals surface area contributed by atoms with Crippen LogP contribution in [-0.4, -0.2) is 17.4 Å². The van der Waals surface area contributed by atoms with Gasteiger partial charge in [0, 0.05) is 18.0 Å². The Balaban J connectivity index is 1.88. The molecule has 0 bridgehead atoms. The lowest BCUT2D eigenvalue weighted by Gasteiger charge is -2.33. The molecule has 1 aliphatic heterocycles. The molecule has 1 unspecified atom stereocenters. The number of primary amides is 1. The van der Waals surface area contributed by atoms with Gasteiger partial charge in [0.2, 0.25) is 5.91 Å². The van der Waals surface area contributed by atoms with Gasteiger partial charge in [0.25, 0.3) is 0 Å². The maximum atomic E-state index is 11.9. The first-order chi connectivity index (χ1) is 10.2. The van der Waals surface area contributed by atoms with Crippen molar-refractivity contribution in [3.8, 4) is 6.07 Å². The van der Waals surface area contributed by atoms with Crippen LogP contribution in [0.25, 0.3) is 0 Å². The molecule has 0 fully saturated rings. The number of nitrogens with zero attached hydrogens (tertiary/aromatic N) is 2. The number of nitrogens with two attached hydrogens (primary N) is 1. The number of amides is 1. The second-order valence-electron chi connectivity index (χ2n) is 5.13. The van der Waals surface area contributed by atoms with E-state index in [1.807, 2.05) is 12.1 Å². The zero-order valence-electron chi connectivity index (χ0n) is 11.5. The minimum atomic E-state index is -0.439. The molecule has 0 saturated heterocycles. The van der Waals surface area contributed by atoms with Gasteiger partial charge in [-0.2, -0.15) is 5.26 Å². The minimum absolute atomic E-state index is 0.349. The number of hydrogen-bond donors (Lipinski definition) is 1. The number of thiophene rings is 1. The summed E-state index contributed by atoms with van der Waals surface area (Å²) in [5.41, 5.74) is 8.34. The molecule has 1 aliphatic rings.